The highest BCUT2D eigenvalue weighted by Crippen LogP contribution is 2.32. The number of aliphatic carboxylic acids is 1. The number of aromatic amines is 1. The summed E-state index contributed by atoms with van der Waals surface area (Å²) in [6.45, 7) is 8.59. The molecular formula is C17H23N3O2. The molecule has 0 saturated carbocycles. The van der Waals surface area contributed by atoms with Crippen molar-refractivity contribution in [2.75, 3.05) is 32.7 Å². The normalized spacial score (nSPS) is 18.6. The van der Waals surface area contributed by atoms with Crippen molar-refractivity contribution < 1.29 is 9.90 Å². The smallest absolute Gasteiger partial charge is 0.325 e. The van der Waals surface area contributed by atoms with Gasteiger partial charge in [0.05, 0.1) is 0 Å². The van der Waals surface area contributed by atoms with Crippen LogP contribution in [0.4, 0.5) is 0 Å². The molecular weight excluding hydrogens is 278 g/mol. The number of aromatic nitrogens is 1. The third-order valence-corrected chi connectivity index (χ3v) is 4.67. The van der Waals surface area contributed by atoms with E-state index in [0.717, 1.165) is 54.9 Å². The zero-order valence-corrected chi connectivity index (χ0v) is 13.2. The first-order valence-corrected chi connectivity index (χ1v) is 7.88. The number of benzene rings is 1. The van der Waals surface area contributed by atoms with E-state index in [1.165, 1.54) is 0 Å². The lowest BCUT2D eigenvalue weighted by molar-refractivity contribution is -0.144. The van der Waals surface area contributed by atoms with Crippen molar-refractivity contribution >= 4 is 16.9 Å². The summed E-state index contributed by atoms with van der Waals surface area (Å²) in [4.78, 5) is 19.7. The maximum Gasteiger partial charge on any atom is 0.325 e. The van der Waals surface area contributed by atoms with Crippen LogP contribution in [0.5, 0.6) is 0 Å². The summed E-state index contributed by atoms with van der Waals surface area (Å²) in [5.41, 5.74) is 2.87. The van der Waals surface area contributed by atoms with Gasteiger partial charge >= 0.3 is 5.97 Å². The van der Waals surface area contributed by atoms with Crippen LogP contribution >= 0.6 is 0 Å². The van der Waals surface area contributed by atoms with Crippen molar-refractivity contribution in [1.29, 1.82) is 0 Å². The number of hydrogen-bond donors (Lipinski definition) is 2. The molecule has 2 heterocycles. The minimum absolute atomic E-state index is 0.574. The van der Waals surface area contributed by atoms with E-state index in [9.17, 15) is 9.90 Å². The summed E-state index contributed by atoms with van der Waals surface area (Å²) in [5.74, 6) is -0.766. The third-order valence-electron chi connectivity index (χ3n) is 4.67. The van der Waals surface area contributed by atoms with Gasteiger partial charge in [-0.25, -0.2) is 0 Å². The van der Waals surface area contributed by atoms with E-state index in [1.807, 2.05) is 31.2 Å². The molecule has 2 N–H and O–H groups in total. The molecule has 1 unspecified atom stereocenters. The topological polar surface area (TPSA) is 59.6 Å². The number of carboxylic acids is 1. The number of hydrogen-bond acceptors (Lipinski definition) is 3. The molecule has 1 aliphatic heterocycles. The average molecular weight is 301 g/mol. The largest absolute Gasteiger partial charge is 0.480 e. The minimum Gasteiger partial charge on any atom is -0.480 e. The van der Waals surface area contributed by atoms with Gasteiger partial charge in [0.2, 0.25) is 0 Å². The van der Waals surface area contributed by atoms with Gasteiger partial charge in [0.1, 0.15) is 6.04 Å². The molecule has 22 heavy (non-hydrogen) atoms. The molecule has 1 saturated heterocycles. The number of rotatable bonds is 4. The summed E-state index contributed by atoms with van der Waals surface area (Å²) >= 11 is 0. The molecule has 1 aromatic carbocycles. The molecule has 0 amide bonds. The van der Waals surface area contributed by atoms with Gasteiger partial charge in [-0.2, -0.15) is 0 Å². The van der Waals surface area contributed by atoms with E-state index in [-0.39, 0.29) is 0 Å². The number of carbonyl (C=O) groups is 1. The number of carboxylic acid groups (broad SMARTS) is 1. The maximum atomic E-state index is 12.0. The minimum atomic E-state index is -0.766. The lowest BCUT2D eigenvalue weighted by Crippen LogP contribution is -2.49. The molecule has 1 atom stereocenters. The standard InChI is InChI=1S/C17H23N3O2/c1-3-19-8-10-20(11-9-19)16(17(21)22)15-12(2)18-14-7-5-4-6-13(14)15/h4-7,16,18H,3,8-11H2,1-2H3,(H,21,22). The lowest BCUT2D eigenvalue weighted by atomic mass is 10.0. The number of fused-ring (bicyclic) bond motifs is 1. The van der Waals surface area contributed by atoms with Gasteiger partial charge < -0.3 is 15.0 Å². The van der Waals surface area contributed by atoms with Crippen LogP contribution in [0.3, 0.4) is 0 Å². The monoisotopic (exact) mass is 301 g/mol. The van der Waals surface area contributed by atoms with Gasteiger partial charge in [0, 0.05) is 48.3 Å². The first kappa shape index (κ1) is 15.1. The fourth-order valence-electron chi connectivity index (χ4n) is 3.45. The number of nitrogens with one attached hydrogen (secondary N) is 1. The van der Waals surface area contributed by atoms with Crippen LogP contribution in [-0.4, -0.2) is 58.6 Å². The second-order valence-electron chi connectivity index (χ2n) is 5.92. The number of H-pyrrole nitrogens is 1. The maximum absolute atomic E-state index is 12.0. The molecule has 0 aliphatic carbocycles. The van der Waals surface area contributed by atoms with Crippen LogP contribution in [0.2, 0.25) is 0 Å². The fraction of sp³-hybridized carbons (Fsp3) is 0.471. The number of likely N-dealkylation sites (N-methyl/N-ethyl adjacent to an activating group) is 1. The number of para-hydroxylation sites is 1. The van der Waals surface area contributed by atoms with Crippen molar-refractivity contribution in [3.8, 4) is 0 Å². The van der Waals surface area contributed by atoms with Gasteiger partial charge in [-0.1, -0.05) is 25.1 Å². The molecule has 3 rings (SSSR count). The van der Waals surface area contributed by atoms with E-state index >= 15 is 0 Å². The SMILES string of the molecule is CCN1CCN(C(C(=O)O)c2c(C)[nH]c3ccccc23)CC1. The molecule has 0 spiro atoms. The Morgan fingerprint density at radius 2 is 1.95 bits per heavy atom. The van der Waals surface area contributed by atoms with Crippen LogP contribution in [0.1, 0.15) is 24.2 Å². The van der Waals surface area contributed by atoms with Gasteiger partial charge in [0.15, 0.2) is 0 Å². The predicted octanol–water partition coefficient (Wildman–Crippen LogP) is 2.24. The van der Waals surface area contributed by atoms with Crippen LogP contribution in [0.25, 0.3) is 10.9 Å². The summed E-state index contributed by atoms with van der Waals surface area (Å²) in [6, 6.07) is 7.37. The Kier molecular flexibility index (Phi) is 4.18. The first-order valence-electron chi connectivity index (χ1n) is 7.88. The van der Waals surface area contributed by atoms with Gasteiger partial charge in [0.25, 0.3) is 0 Å². The van der Waals surface area contributed by atoms with E-state index in [2.05, 4.69) is 21.7 Å². The van der Waals surface area contributed by atoms with Crippen molar-refractivity contribution in [3.05, 3.63) is 35.5 Å². The van der Waals surface area contributed by atoms with Crippen LogP contribution < -0.4 is 0 Å². The highest BCUT2D eigenvalue weighted by atomic mass is 16.4. The molecule has 5 heteroatoms. The highest BCUT2D eigenvalue weighted by molar-refractivity contribution is 5.90. The lowest BCUT2D eigenvalue weighted by Gasteiger charge is -2.37. The molecule has 0 radical (unpaired) electrons. The van der Waals surface area contributed by atoms with Crippen LogP contribution in [0.15, 0.2) is 24.3 Å². The summed E-state index contributed by atoms with van der Waals surface area (Å²) < 4.78 is 0. The van der Waals surface area contributed by atoms with Crippen molar-refractivity contribution in [2.45, 2.75) is 19.9 Å². The molecule has 2 aromatic rings. The summed E-state index contributed by atoms with van der Waals surface area (Å²) in [6.07, 6.45) is 0. The first-order chi connectivity index (χ1) is 10.6. The van der Waals surface area contributed by atoms with E-state index in [4.69, 9.17) is 0 Å². The van der Waals surface area contributed by atoms with Gasteiger partial charge in [-0.15, -0.1) is 0 Å². The summed E-state index contributed by atoms with van der Waals surface area (Å²) in [5, 5.41) is 10.9. The molecule has 1 fully saturated rings. The Morgan fingerprint density at radius 1 is 1.27 bits per heavy atom. The zero-order chi connectivity index (χ0) is 15.7. The molecule has 5 nitrogen and oxygen atoms in total. The van der Waals surface area contributed by atoms with Gasteiger partial charge in [-0.3, -0.25) is 9.69 Å². The predicted molar refractivity (Wildman–Crippen MR) is 87.1 cm³/mol. The van der Waals surface area contributed by atoms with Crippen molar-refractivity contribution in [1.82, 2.24) is 14.8 Å². The highest BCUT2D eigenvalue weighted by Gasteiger charge is 2.33. The Labute approximate surface area is 130 Å². The third kappa shape index (κ3) is 2.62. The number of piperazine rings is 1. The summed E-state index contributed by atoms with van der Waals surface area (Å²) in [7, 11) is 0. The van der Waals surface area contributed by atoms with E-state index < -0.39 is 12.0 Å². The Hall–Kier alpha value is -1.85. The molecule has 118 valence electrons. The Balaban J connectivity index is 1.97. The Bertz CT molecular complexity index is 672. The Morgan fingerprint density at radius 3 is 2.59 bits per heavy atom. The second kappa shape index (κ2) is 6.10. The number of aryl methyl sites for hydroxylation is 1. The quantitative estimate of drug-likeness (QED) is 0.909. The van der Waals surface area contributed by atoms with Crippen molar-refractivity contribution in [2.24, 2.45) is 0 Å². The second-order valence-corrected chi connectivity index (χ2v) is 5.92. The number of nitrogens with zero attached hydrogens (tertiary/aromatic N) is 2. The van der Waals surface area contributed by atoms with Crippen molar-refractivity contribution in [3.63, 3.8) is 0 Å². The molecule has 1 aliphatic rings. The fourth-order valence-corrected chi connectivity index (χ4v) is 3.45. The van der Waals surface area contributed by atoms with Crippen LogP contribution in [0, 0.1) is 6.92 Å². The molecule has 0 bridgehead atoms. The van der Waals surface area contributed by atoms with Gasteiger partial charge in [-0.05, 0) is 19.5 Å². The van der Waals surface area contributed by atoms with E-state index in [1.54, 1.807) is 0 Å². The van der Waals surface area contributed by atoms with E-state index in [0.29, 0.717) is 0 Å². The zero-order valence-electron chi connectivity index (χ0n) is 13.2. The average Bonchev–Trinajstić information content (AvgIpc) is 2.84. The van der Waals surface area contributed by atoms with Crippen LogP contribution in [-0.2, 0) is 4.79 Å². The molecule has 1 aromatic heterocycles.